The smallest absolute Gasteiger partial charge is 0.144 e. The molecular formula is C23H19NOS. The lowest BCUT2D eigenvalue weighted by Crippen LogP contribution is -2.11. The van der Waals surface area contributed by atoms with Gasteiger partial charge >= 0.3 is 0 Å². The summed E-state index contributed by atoms with van der Waals surface area (Å²) in [5.74, 6) is 0. The first-order valence-electron chi connectivity index (χ1n) is 8.81. The first-order chi connectivity index (χ1) is 12.5. The van der Waals surface area contributed by atoms with Crippen LogP contribution >= 0.6 is 11.3 Å². The highest BCUT2D eigenvalue weighted by Gasteiger charge is 2.18. The molecule has 3 heteroatoms. The molecule has 0 unspecified atom stereocenters. The summed E-state index contributed by atoms with van der Waals surface area (Å²) in [6.45, 7) is 6.67. The molecule has 2 aromatic carbocycles. The number of furan rings is 1. The van der Waals surface area contributed by atoms with E-state index in [1.807, 2.05) is 6.20 Å². The lowest BCUT2D eigenvalue weighted by molar-refractivity contribution is 0.589. The van der Waals surface area contributed by atoms with Crippen LogP contribution in [0.3, 0.4) is 0 Å². The van der Waals surface area contributed by atoms with Crippen molar-refractivity contribution >= 4 is 43.4 Å². The molecule has 2 nitrogen and oxygen atoms in total. The van der Waals surface area contributed by atoms with Crippen molar-refractivity contribution in [2.45, 2.75) is 26.2 Å². The van der Waals surface area contributed by atoms with Crippen LogP contribution in [0.15, 0.2) is 64.5 Å². The van der Waals surface area contributed by atoms with Crippen LogP contribution in [0.5, 0.6) is 0 Å². The Labute approximate surface area is 156 Å². The van der Waals surface area contributed by atoms with Crippen molar-refractivity contribution in [1.82, 2.24) is 4.98 Å². The third-order valence-electron chi connectivity index (χ3n) is 5.00. The van der Waals surface area contributed by atoms with Crippen LogP contribution in [-0.2, 0) is 5.41 Å². The summed E-state index contributed by atoms with van der Waals surface area (Å²) in [4.78, 5) is 4.64. The lowest BCUT2D eigenvalue weighted by Gasteiger charge is -2.19. The van der Waals surface area contributed by atoms with E-state index >= 15 is 0 Å². The summed E-state index contributed by atoms with van der Waals surface area (Å²) in [6, 6.07) is 17.1. The fourth-order valence-electron chi connectivity index (χ4n) is 3.55. The third-order valence-corrected chi connectivity index (χ3v) is 5.88. The van der Waals surface area contributed by atoms with Gasteiger partial charge in [-0.3, -0.25) is 4.98 Å². The molecule has 3 heterocycles. The second-order valence-electron chi connectivity index (χ2n) is 7.74. The Morgan fingerprint density at radius 3 is 2.58 bits per heavy atom. The minimum atomic E-state index is 0.0856. The van der Waals surface area contributed by atoms with Crippen molar-refractivity contribution in [3.05, 3.63) is 65.7 Å². The van der Waals surface area contributed by atoms with Crippen molar-refractivity contribution in [1.29, 1.82) is 0 Å². The van der Waals surface area contributed by atoms with Gasteiger partial charge in [0.1, 0.15) is 11.2 Å². The van der Waals surface area contributed by atoms with Gasteiger partial charge < -0.3 is 4.42 Å². The van der Waals surface area contributed by atoms with Crippen molar-refractivity contribution < 1.29 is 4.42 Å². The number of thiophene rings is 1. The molecule has 5 rings (SSSR count). The van der Waals surface area contributed by atoms with Crippen molar-refractivity contribution in [2.24, 2.45) is 0 Å². The normalized spacial score (nSPS) is 12.4. The minimum absolute atomic E-state index is 0.0856. The molecule has 0 atom stereocenters. The van der Waals surface area contributed by atoms with E-state index in [2.05, 4.69) is 79.7 Å². The van der Waals surface area contributed by atoms with Crippen LogP contribution in [0.2, 0.25) is 0 Å². The quantitative estimate of drug-likeness (QED) is 0.318. The number of nitrogens with zero attached hydrogens (tertiary/aromatic N) is 1. The second-order valence-corrected chi connectivity index (χ2v) is 8.69. The van der Waals surface area contributed by atoms with Gasteiger partial charge in [0.05, 0.1) is 5.69 Å². The number of hydrogen-bond acceptors (Lipinski definition) is 3. The van der Waals surface area contributed by atoms with Crippen LogP contribution in [0.25, 0.3) is 43.3 Å². The number of hydrogen-bond donors (Lipinski definition) is 0. The Bertz CT molecular complexity index is 1270. The SMILES string of the molecule is CC(C)(C)c1ccnc(-c2cccc3c2oc2c4ccsc4ccc32)c1. The second kappa shape index (κ2) is 5.42. The molecule has 0 N–H and O–H groups in total. The molecule has 0 spiro atoms. The molecule has 0 aliphatic rings. The molecule has 128 valence electrons. The average molecular weight is 357 g/mol. The van der Waals surface area contributed by atoms with Gasteiger partial charge in [-0.25, -0.2) is 0 Å². The van der Waals surface area contributed by atoms with Crippen molar-refractivity contribution in [3.8, 4) is 11.3 Å². The highest BCUT2D eigenvalue weighted by Crippen LogP contribution is 2.39. The summed E-state index contributed by atoms with van der Waals surface area (Å²) in [7, 11) is 0. The topological polar surface area (TPSA) is 26.0 Å². The fourth-order valence-corrected chi connectivity index (χ4v) is 4.33. The van der Waals surface area contributed by atoms with Crippen LogP contribution < -0.4 is 0 Å². The van der Waals surface area contributed by atoms with Gasteiger partial charge in [0.25, 0.3) is 0 Å². The molecule has 0 saturated heterocycles. The molecule has 3 aromatic heterocycles. The maximum absolute atomic E-state index is 6.40. The number of para-hydroxylation sites is 1. The van der Waals surface area contributed by atoms with E-state index in [-0.39, 0.29) is 5.41 Å². The van der Waals surface area contributed by atoms with E-state index in [1.54, 1.807) is 11.3 Å². The van der Waals surface area contributed by atoms with Crippen LogP contribution in [0, 0.1) is 0 Å². The molecule has 26 heavy (non-hydrogen) atoms. The molecule has 5 aromatic rings. The van der Waals surface area contributed by atoms with Gasteiger partial charge in [-0.1, -0.05) is 32.9 Å². The van der Waals surface area contributed by atoms with Crippen LogP contribution in [0.4, 0.5) is 0 Å². The average Bonchev–Trinajstić information content (AvgIpc) is 3.24. The number of aromatic nitrogens is 1. The maximum Gasteiger partial charge on any atom is 0.144 e. The largest absolute Gasteiger partial charge is 0.455 e. The zero-order valence-electron chi connectivity index (χ0n) is 15.0. The molecule has 0 bridgehead atoms. The highest BCUT2D eigenvalue weighted by atomic mass is 32.1. The number of fused-ring (bicyclic) bond motifs is 5. The number of rotatable bonds is 1. The molecule has 0 aliphatic heterocycles. The first-order valence-corrected chi connectivity index (χ1v) is 9.69. The number of pyridine rings is 1. The van der Waals surface area contributed by atoms with Crippen LogP contribution in [0.1, 0.15) is 26.3 Å². The predicted molar refractivity (Wildman–Crippen MR) is 111 cm³/mol. The standard InChI is InChI=1S/C23H19NOS/c1-23(2,3)14-9-11-24-19(13-14)17-6-4-5-15-16-7-8-20-18(10-12-26-20)22(16)25-21(15)17/h4-13H,1-3H3. The first kappa shape index (κ1) is 15.6. The lowest BCUT2D eigenvalue weighted by atomic mass is 9.87. The van der Waals surface area contributed by atoms with Gasteiger partial charge in [0.2, 0.25) is 0 Å². The van der Waals surface area contributed by atoms with Gasteiger partial charge in [-0.15, -0.1) is 11.3 Å². The summed E-state index contributed by atoms with van der Waals surface area (Å²) < 4.78 is 7.66. The Hall–Kier alpha value is -2.65. The third kappa shape index (κ3) is 2.27. The number of benzene rings is 2. The Morgan fingerprint density at radius 1 is 0.885 bits per heavy atom. The van der Waals surface area contributed by atoms with E-state index in [4.69, 9.17) is 4.42 Å². The predicted octanol–water partition coefficient (Wildman–Crippen LogP) is 7.16. The van der Waals surface area contributed by atoms with Crippen molar-refractivity contribution in [3.63, 3.8) is 0 Å². The summed E-state index contributed by atoms with van der Waals surface area (Å²) in [6.07, 6.45) is 1.90. The van der Waals surface area contributed by atoms with Gasteiger partial charge in [-0.05, 0) is 52.8 Å². The molecular weight excluding hydrogens is 338 g/mol. The Balaban J connectivity index is 1.83. The van der Waals surface area contributed by atoms with E-state index in [0.717, 1.165) is 27.8 Å². The molecule has 0 fully saturated rings. The van der Waals surface area contributed by atoms with E-state index in [1.165, 1.54) is 21.0 Å². The van der Waals surface area contributed by atoms with Crippen molar-refractivity contribution in [2.75, 3.05) is 0 Å². The molecule has 0 radical (unpaired) electrons. The molecule has 0 saturated carbocycles. The zero-order valence-corrected chi connectivity index (χ0v) is 15.9. The van der Waals surface area contributed by atoms with E-state index in [9.17, 15) is 0 Å². The monoisotopic (exact) mass is 357 g/mol. The Morgan fingerprint density at radius 2 is 1.73 bits per heavy atom. The maximum atomic E-state index is 6.40. The summed E-state index contributed by atoms with van der Waals surface area (Å²) >= 11 is 1.74. The minimum Gasteiger partial charge on any atom is -0.455 e. The summed E-state index contributed by atoms with van der Waals surface area (Å²) in [5, 5.41) is 5.62. The molecule has 0 aliphatic carbocycles. The van der Waals surface area contributed by atoms with E-state index in [0.29, 0.717) is 0 Å². The fraction of sp³-hybridized carbons (Fsp3) is 0.174. The van der Waals surface area contributed by atoms with Gasteiger partial charge in [0, 0.05) is 32.6 Å². The van der Waals surface area contributed by atoms with E-state index < -0.39 is 0 Å². The summed E-state index contributed by atoms with van der Waals surface area (Å²) in [5.41, 5.74) is 5.26. The molecule has 0 amide bonds. The van der Waals surface area contributed by atoms with Gasteiger partial charge in [0.15, 0.2) is 0 Å². The zero-order chi connectivity index (χ0) is 17.9. The van der Waals surface area contributed by atoms with Crippen LogP contribution in [-0.4, -0.2) is 4.98 Å². The Kier molecular flexibility index (Phi) is 3.25. The van der Waals surface area contributed by atoms with Gasteiger partial charge in [-0.2, -0.15) is 0 Å². The highest BCUT2D eigenvalue weighted by molar-refractivity contribution is 7.17.